The summed E-state index contributed by atoms with van der Waals surface area (Å²) in [5.41, 5.74) is 3.63. The number of aryl methyl sites for hydroxylation is 1. The predicted molar refractivity (Wildman–Crippen MR) is 175 cm³/mol. The average molecular weight is 593 g/mol. The standard InChI is InChI=1S/C35H33ClN4O3/c1-3-5-10-23-11-7-9-14-31(23)40-32-22-28(27-20-25(41)19-24-12-6-8-13-26(24)27)30(36)21-29(32)34(37-35(40)43)39-17-15-38(16-18-39)33(42)4-2/h4,6-9,11-14,19-22,41H,2-3,5,10,15-18H2,1H3. The normalized spacial score (nSPS) is 13.5. The minimum absolute atomic E-state index is 0.109. The second-order valence-corrected chi connectivity index (χ2v) is 11.3. The minimum Gasteiger partial charge on any atom is -0.508 e. The summed E-state index contributed by atoms with van der Waals surface area (Å²) >= 11 is 7.04. The van der Waals surface area contributed by atoms with E-state index in [9.17, 15) is 14.7 Å². The molecule has 6 rings (SSSR count). The maximum absolute atomic E-state index is 14.0. The third-order valence-electron chi connectivity index (χ3n) is 8.19. The Morgan fingerprint density at radius 1 is 0.977 bits per heavy atom. The summed E-state index contributed by atoms with van der Waals surface area (Å²) in [6, 6.07) is 23.1. The Hall–Kier alpha value is -4.62. The molecule has 0 aliphatic carbocycles. The lowest BCUT2D eigenvalue weighted by Gasteiger charge is -2.35. The number of phenols is 1. The minimum atomic E-state index is -0.384. The van der Waals surface area contributed by atoms with Crippen LogP contribution in [0.1, 0.15) is 25.3 Å². The fourth-order valence-corrected chi connectivity index (χ4v) is 6.27. The molecule has 1 saturated heterocycles. The molecule has 0 spiro atoms. The number of piperazine rings is 1. The largest absolute Gasteiger partial charge is 0.508 e. The Kier molecular flexibility index (Phi) is 7.91. The van der Waals surface area contributed by atoms with Crippen LogP contribution in [-0.4, -0.2) is 51.6 Å². The van der Waals surface area contributed by atoms with Gasteiger partial charge in [0.25, 0.3) is 0 Å². The number of fused-ring (bicyclic) bond motifs is 2. The third-order valence-corrected chi connectivity index (χ3v) is 8.51. The van der Waals surface area contributed by atoms with Gasteiger partial charge >= 0.3 is 5.69 Å². The van der Waals surface area contributed by atoms with Gasteiger partial charge in [0, 0.05) is 42.2 Å². The summed E-state index contributed by atoms with van der Waals surface area (Å²) in [6.07, 6.45) is 4.19. The number of aromatic hydroxyl groups is 1. The van der Waals surface area contributed by atoms with Gasteiger partial charge in [-0.25, -0.2) is 4.79 Å². The zero-order valence-electron chi connectivity index (χ0n) is 24.1. The van der Waals surface area contributed by atoms with Gasteiger partial charge in [-0.1, -0.05) is 74.0 Å². The van der Waals surface area contributed by atoms with Crippen molar-refractivity contribution >= 4 is 45.0 Å². The molecule has 0 radical (unpaired) electrons. The van der Waals surface area contributed by atoms with Crippen molar-refractivity contribution in [2.45, 2.75) is 26.2 Å². The van der Waals surface area contributed by atoms with Gasteiger partial charge in [0.15, 0.2) is 0 Å². The van der Waals surface area contributed by atoms with Crippen LogP contribution >= 0.6 is 11.6 Å². The van der Waals surface area contributed by atoms with E-state index in [0.717, 1.165) is 52.2 Å². The molecule has 1 aromatic heterocycles. The summed E-state index contributed by atoms with van der Waals surface area (Å²) in [5, 5.41) is 13.7. The van der Waals surface area contributed by atoms with Gasteiger partial charge in [0.1, 0.15) is 11.6 Å². The summed E-state index contributed by atoms with van der Waals surface area (Å²) in [5.74, 6) is 0.569. The van der Waals surface area contributed by atoms with Gasteiger partial charge in [0.2, 0.25) is 5.91 Å². The monoisotopic (exact) mass is 592 g/mol. The van der Waals surface area contributed by atoms with E-state index in [0.29, 0.717) is 48.1 Å². The fourth-order valence-electron chi connectivity index (χ4n) is 6.00. The van der Waals surface area contributed by atoms with Crippen molar-refractivity contribution in [2.24, 2.45) is 0 Å². The van der Waals surface area contributed by atoms with Crippen LogP contribution in [0.25, 0.3) is 38.5 Å². The number of anilines is 1. The highest BCUT2D eigenvalue weighted by molar-refractivity contribution is 6.35. The summed E-state index contributed by atoms with van der Waals surface area (Å²) in [6.45, 7) is 7.80. The van der Waals surface area contributed by atoms with Crippen molar-refractivity contribution in [1.82, 2.24) is 14.5 Å². The van der Waals surface area contributed by atoms with E-state index in [4.69, 9.17) is 11.6 Å². The van der Waals surface area contributed by atoms with Crippen LogP contribution in [0.15, 0.2) is 90.2 Å². The maximum Gasteiger partial charge on any atom is 0.354 e. The zero-order chi connectivity index (χ0) is 30.1. The van der Waals surface area contributed by atoms with E-state index >= 15 is 0 Å². The lowest BCUT2D eigenvalue weighted by atomic mass is 9.96. The number of hydrogen-bond donors (Lipinski definition) is 1. The second kappa shape index (κ2) is 11.9. The number of para-hydroxylation sites is 1. The number of benzene rings is 4. The van der Waals surface area contributed by atoms with E-state index in [1.165, 1.54) is 6.08 Å². The number of unbranched alkanes of at least 4 members (excludes halogenated alkanes) is 1. The number of amides is 1. The van der Waals surface area contributed by atoms with E-state index < -0.39 is 0 Å². The van der Waals surface area contributed by atoms with Gasteiger partial charge in [0.05, 0.1) is 11.2 Å². The molecule has 7 nitrogen and oxygen atoms in total. The lowest BCUT2D eigenvalue weighted by Crippen LogP contribution is -2.49. The summed E-state index contributed by atoms with van der Waals surface area (Å²) in [4.78, 5) is 34.6. The zero-order valence-corrected chi connectivity index (χ0v) is 24.8. The second-order valence-electron chi connectivity index (χ2n) is 10.9. The van der Waals surface area contributed by atoms with Crippen LogP contribution in [0.2, 0.25) is 5.02 Å². The molecule has 0 unspecified atom stereocenters. The Balaban J connectivity index is 1.60. The van der Waals surface area contributed by atoms with Crippen molar-refractivity contribution in [2.75, 3.05) is 31.1 Å². The first-order valence-corrected chi connectivity index (χ1v) is 15.0. The number of halogens is 1. The molecule has 1 amide bonds. The fraction of sp³-hybridized carbons (Fsp3) is 0.229. The molecule has 5 aromatic rings. The van der Waals surface area contributed by atoms with Crippen molar-refractivity contribution in [3.63, 3.8) is 0 Å². The van der Waals surface area contributed by atoms with Crippen molar-refractivity contribution in [3.8, 4) is 22.6 Å². The SMILES string of the molecule is C=CC(=O)N1CCN(c2nc(=O)n(-c3ccccc3CCCC)c3cc(-c4cc(O)cc5ccccc45)c(Cl)cc23)CC1. The lowest BCUT2D eigenvalue weighted by molar-refractivity contribution is -0.126. The highest BCUT2D eigenvalue weighted by atomic mass is 35.5. The average Bonchev–Trinajstić information content (AvgIpc) is 3.03. The number of carbonyl (C=O) groups excluding carboxylic acids is 1. The van der Waals surface area contributed by atoms with Crippen molar-refractivity contribution < 1.29 is 9.90 Å². The Bertz CT molecular complexity index is 1930. The van der Waals surface area contributed by atoms with Crippen LogP contribution < -0.4 is 10.6 Å². The van der Waals surface area contributed by atoms with E-state index in [1.807, 2.05) is 59.5 Å². The van der Waals surface area contributed by atoms with Gasteiger partial charge in [-0.05, 0) is 71.1 Å². The maximum atomic E-state index is 14.0. The molecular formula is C35H33ClN4O3. The molecule has 0 saturated carbocycles. The highest BCUT2D eigenvalue weighted by Crippen LogP contribution is 2.40. The van der Waals surface area contributed by atoms with Gasteiger partial charge in [-0.15, -0.1) is 0 Å². The highest BCUT2D eigenvalue weighted by Gasteiger charge is 2.25. The molecule has 1 aliphatic heterocycles. The Labute approximate surface area is 255 Å². The number of aromatic nitrogens is 2. The molecule has 218 valence electrons. The first-order chi connectivity index (χ1) is 20.9. The number of hydrogen-bond acceptors (Lipinski definition) is 5. The van der Waals surface area contributed by atoms with Gasteiger partial charge < -0.3 is 14.9 Å². The van der Waals surface area contributed by atoms with Crippen LogP contribution in [0.4, 0.5) is 5.82 Å². The Morgan fingerprint density at radius 2 is 1.72 bits per heavy atom. The quantitative estimate of drug-likeness (QED) is 0.212. The van der Waals surface area contributed by atoms with Gasteiger partial charge in [-0.3, -0.25) is 9.36 Å². The topological polar surface area (TPSA) is 78.7 Å². The van der Waals surface area contributed by atoms with Gasteiger partial charge in [-0.2, -0.15) is 4.98 Å². The molecule has 43 heavy (non-hydrogen) atoms. The molecule has 4 aromatic carbocycles. The molecule has 8 heteroatoms. The van der Waals surface area contributed by atoms with E-state index in [1.54, 1.807) is 21.6 Å². The van der Waals surface area contributed by atoms with Crippen LogP contribution in [0.3, 0.4) is 0 Å². The third kappa shape index (κ3) is 5.37. The van der Waals surface area contributed by atoms with Crippen molar-refractivity contribution in [1.29, 1.82) is 0 Å². The molecule has 1 N–H and O–H groups in total. The number of nitrogens with zero attached hydrogens (tertiary/aromatic N) is 4. The molecule has 0 bridgehead atoms. The predicted octanol–water partition coefficient (Wildman–Crippen LogP) is 6.74. The number of carbonyl (C=O) groups is 1. The first-order valence-electron chi connectivity index (χ1n) is 14.6. The number of phenolic OH excluding ortho intramolecular Hbond substituents is 1. The molecule has 0 atom stereocenters. The smallest absolute Gasteiger partial charge is 0.354 e. The molecule has 2 heterocycles. The van der Waals surface area contributed by atoms with Crippen LogP contribution in [0.5, 0.6) is 5.75 Å². The van der Waals surface area contributed by atoms with Crippen LogP contribution in [0, 0.1) is 0 Å². The molecular weight excluding hydrogens is 560 g/mol. The molecule has 1 fully saturated rings. The van der Waals surface area contributed by atoms with E-state index in [2.05, 4.69) is 24.6 Å². The van der Waals surface area contributed by atoms with E-state index in [-0.39, 0.29) is 17.3 Å². The van der Waals surface area contributed by atoms with Crippen molar-refractivity contribution in [3.05, 3.63) is 107 Å². The van der Waals surface area contributed by atoms with Crippen LogP contribution in [-0.2, 0) is 11.2 Å². The number of rotatable bonds is 7. The first kappa shape index (κ1) is 28.5. The molecule has 1 aliphatic rings. The summed E-state index contributed by atoms with van der Waals surface area (Å²) in [7, 11) is 0. The summed E-state index contributed by atoms with van der Waals surface area (Å²) < 4.78 is 1.69. The Morgan fingerprint density at radius 3 is 2.49 bits per heavy atom.